The molecule has 0 aliphatic carbocycles. The fourth-order valence-corrected chi connectivity index (χ4v) is 2.43. The van der Waals surface area contributed by atoms with E-state index in [1.165, 1.54) is 26.2 Å². The summed E-state index contributed by atoms with van der Waals surface area (Å²) in [6.07, 6.45) is 5.34. The molecule has 1 aliphatic heterocycles. The first-order chi connectivity index (χ1) is 7.29. The Hall–Kier alpha value is -0.220. The summed E-state index contributed by atoms with van der Waals surface area (Å²) >= 11 is 1.83. The van der Waals surface area contributed by atoms with Gasteiger partial charge in [0.15, 0.2) is 0 Å². The molecule has 1 heterocycles. The van der Waals surface area contributed by atoms with E-state index in [2.05, 4.69) is 0 Å². The van der Waals surface area contributed by atoms with Gasteiger partial charge in [0.05, 0.1) is 6.10 Å². The van der Waals surface area contributed by atoms with Crippen LogP contribution in [0.25, 0.3) is 0 Å². The van der Waals surface area contributed by atoms with Gasteiger partial charge in [0.1, 0.15) is 6.61 Å². The summed E-state index contributed by atoms with van der Waals surface area (Å²) in [5, 5.41) is 0. The number of hydrogen-bond acceptors (Lipinski definition) is 4. The van der Waals surface area contributed by atoms with Gasteiger partial charge < -0.3 is 9.47 Å². The van der Waals surface area contributed by atoms with Gasteiger partial charge in [-0.1, -0.05) is 0 Å². The number of ether oxygens (including phenoxy) is 2. The normalized spacial score (nSPS) is 21.3. The van der Waals surface area contributed by atoms with Crippen molar-refractivity contribution in [2.24, 2.45) is 0 Å². The molecular weight excluding hydrogens is 212 g/mol. The van der Waals surface area contributed by atoms with Crippen molar-refractivity contribution in [1.82, 2.24) is 0 Å². The first kappa shape index (κ1) is 12.8. The van der Waals surface area contributed by atoms with Crippen LogP contribution in [0.4, 0.5) is 0 Å². The number of esters is 1. The molecule has 88 valence electrons. The lowest BCUT2D eigenvalue weighted by Crippen LogP contribution is -2.19. The van der Waals surface area contributed by atoms with E-state index in [1.807, 2.05) is 11.8 Å². The molecule has 0 saturated carbocycles. The zero-order valence-electron chi connectivity index (χ0n) is 9.37. The Morgan fingerprint density at radius 2 is 2.33 bits per heavy atom. The lowest BCUT2D eigenvalue weighted by molar-refractivity contribution is -0.140. The minimum atomic E-state index is -0.189. The Morgan fingerprint density at radius 3 is 3.00 bits per heavy atom. The van der Waals surface area contributed by atoms with Gasteiger partial charge in [-0.3, -0.25) is 4.79 Å². The second kappa shape index (κ2) is 7.99. The van der Waals surface area contributed by atoms with E-state index in [1.54, 1.807) is 0 Å². The SMILES string of the molecule is CC(=O)OCCSCCC1CCCCO1. The van der Waals surface area contributed by atoms with E-state index in [-0.39, 0.29) is 5.97 Å². The Morgan fingerprint density at radius 1 is 1.47 bits per heavy atom. The average molecular weight is 232 g/mol. The van der Waals surface area contributed by atoms with Crippen LogP contribution in [0, 0.1) is 0 Å². The molecule has 1 aliphatic rings. The van der Waals surface area contributed by atoms with E-state index >= 15 is 0 Å². The number of rotatable bonds is 6. The van der Waals surface area contributed by atoms with E-state index in [9.17, 15) is 4.79 Å². The maximum atomic E-state index is 10.5. The van der Waals surface area contributed by atoms with Crippen molar-refractivity contribution in [2.75, 3.05) is 24.7 Å². The van der Waals surface area contributed by atoms with Crippen LogP contribution in [0.3, 0.4) is 0 Å². The van der Waals surface area contributed by atoms with Crippen molar-refractivity contribution in [2.45, 2.75) is 38.7 Å². The summed E-state index contributed by atoms with van der Waals surface area (Å²) in [6.45, 7) is 2.91. The summed E-state index contributed by atoms with van der Waals surface area (Å²) in [5.41, 5.74) is 0. The molecule has 0 aromatic heterocycles. The van der Waals surface area contributed by atoms with Gasteiger partial charge in [0.25, 0.3) is 0 Å². The van der Waals surface area contributed by atoms with Gasteiger partial charge in [-0.2, -0.15) is 11.8 Å². The van der Waals surface area contributed by atoms with Crippen LogP contribution >= 0.6 is 11.8 Å². The van der Waals surface area contributed by atoms with E-state index in [4.69, 9.17) is 9.47 Å². The molecule has 1 fully saturated rings. The molecule has 0 amide bonds. The molecule has 3 nitrogen and oxygen atoms in total. The quantitative estimate of drug-likeness (QED) is 0.520. The van der Waals surface area contributed by atoms with Crippen LogP contribution in [0.15, 0.2) is 0 Å². The Labute approximate surface area is 95.9 Å². The fraction of sp³-hybridized carbons (Fsp3) is 0.909. The lowest BCUT2D eigenvalue weighted by atomic mass is 10.1. The third-order valence-corrected chi connectivity index (χ3v) is 3.37. The molecule has 0 aromatic rings. The van der Waals surface area contributed by atoms with Gasteiger partial charge in [-0.25, -0.2) is 0 Å². The van der Waals surface area contributed by atoms with Crippen molar-refractivity contribution in [1.29, 1.82) is 0 Å². The third-order valence-electron chi connectivity index (χ3n) is 2.39. The summed E-state index contributed by atoms with van der Waals surface area (Å²) in [5.74, 6) is 1.81. The predicted octanol–water partition coefficient (Wildman–Crippen LogP) is 2.24. The Bertz CT molecular complexity index is 179. The summed E-state index contributed by atoms with van der Waals surface area (Å²) < 4.78 is 10.5. The highest BCUT2D eigenvalue weighted by Gasteiger charge is 2.12. The van der Waals surface area contributed by atoms with Gasteiger partial charge in [0, 0.05) is 19.3 Å². The highest BCUT2D eigenvalue weighted by molar-refractivity contribution is 7.99. The van der Waals surface area contributed by atoms with Crippen molar-refractivity contribution < 1.29 is 14.3 Å². The van der Waals surface area contributed by atoms with Gasteiger partial charge in [-0.15, -0.1) is 0 Å². The van der Waals surface area contributed by atoms with Crippen molar-refractivity contribution in [3.05, 3.63) is 0 Å². The van der Waals surface area contributed by atoms with Crippen LogP contribution in [-0.4, -0.2) is 36.8 Å². The van der Waals surface area contributed by atoms with Crippen LogP contribution in [0.2, 0.25) is 0 Å². The second-order valence-corrected chi connectivity index (χ2v) is 4.95. The molecule has 0 radical (unpaired) electrons. The highest BCUT2D eigenvalue weighted by Crippen LogP contribution is 2.17. The average Bonchev–Trinajstić information content (AvgIpc) is 2.24. The van der Waals surface area contributed by atoms with E-state index in [0.29, 0.717) is 12.7 Å². The lowest BCUT2D eigenvalue weighted by Gasteiger charge is -2.22. The molecule has 1 atom stereocenters. The van der Waals surface area contributed by atoms with E-state index in [0.717, 1.165) is 24.5 Å². The second-order valence-electron chi connectivity index (χ2n) is 3.73. The fourth-order valence-electron chi connectivity index (χ4n) is 1.60. The van der Waals surface area contributed by atoms with Crippen molar-refractivity contribution in [3.63, 3.8) is 0 Å². The minimum Gasteiger partial charge on any atom is -0.465 e. The zero-order chi connectivity index (χ0) is 10.9. The molecule has 1 unspecified atom stereocenters. The third kappa shape index (κ3) is 6.79. The van der Waals surface area contributed by atoms with Crippen molar-refractivity contribution in [3.8, 4) is 0 Å². The monoisotopic (exact) mass is 232 g/mol. The number of thioether (sulfide) groups is 1. The molecule has 1 saturated heterocycles. The number of hydrogen-bond donors (Lipinski definition) is 0. The molecule has 0 spiro atoms. The molecule has 0 aromatic carbocycles. The van der Waals surface area contributed by atoms with Crippen molar-refractivity contribution >= 4 is 17.7 Å². The molecule has 15 heavy (non-hydrogen) atoms. The topological polar surface area (TPSA) is 35.5 Å². The van der Waals surface area contributed by atoms with Gasteiger partial charge in [0.2, 0.25) is 0 Å². The first-order valence-corrected chi connectivity index (χ1v) is 6.77. The molecule has 4 heteroatoms. The number of carbonyl (C=O) groups excluding carboxylic acids is 1. The van der Waals surface area contributed by atoms with Gasteiger partial charge >= 0.3 is 5.97 Å². The van der Waals surface area contributed by atoms with Gasteiger partial charge in [-0.05, 0) is 31.4 Å². The predicted molar refractivity (Wildman–Crippen MR) is 62.2 cm³/mol. The van der Waals surface area contributed by atoms with Crippen LogP contribution in [-0.2, 0) is 14.3 Å². The Balaban J connectivity index is 1.85. The maximum Gasteiger partial charge on any atom is 0.302 e. The summed E-state index contributed by atoms with van der Waals surface area (Å²) in [7, 11) is 0. The molecule has 1 rings (SSSR count). The minimum absolute atomic E-state index is 0.189. The maximum absolute atomic E-state index is 10.5. The Kier molecular flexibility index (Phi) is 6.85. The number of carbonyl (C=O) groups is 1. The smallest absolute Gasteiger partial charge is 0.302 e. The van der Waals surface area contributed by atoms with Crippen LogP contribution < -0.4 is 0 Å². The molecular formula is C11H20O3S. The van der Waals surface area contributed by atoms with Crippen LogP contribution in [0.1, 0.15) is 32.6 Å². The molecule has 0 bridgehead atoms. The molecule has 0 N–H and O–H groups in total. The first-order valence-electron chi connectivity index (χ1n) is 5.62. The standard InChI is InChI=1S/C11H20O3S/c1-10(12)13-7-9-15-8-5-11-4-2-3-6-14-11/h11H,2-9H2,1H3. The highest BCUT2D eigenvalue weighted by atomic mass is 32.2. The van der Waals surface area contributed by atoms with E-state index < -0.39 is 0 Å². The summed E-state index contributed by atoms with van der Waals surface area (Å²) in [4.78, 5) is 10.5. The summed E-state index contributed by atoms with van der Waals surface area (Å²) in [6, 6.07) is 0. The van der Waals surface area contributed by atoms with Crippen LogP contribution in [0.5, 0.6) is 0 Å². The zero-order valence-corrected chi connectivity index (χ0v) is 10.2. The largest absolute Gasteiger partial charge is 0.465 e.